The standard InChI is InChI=1S/C13H15F3N2O4/c1-7(11(19)20)6-18(2)13(21)17-8-3-4-10(9(14)5-8)22-12(15)16/h3-5,7,12H,6H2,1-2H3,(H,17,21)(H,19,20). The molecule has 6 nitrogen and oxygen atoms in total. The Morgan fingerprint density at radius 2 is 2.05 bits per heavy atom. The van der Waals surface area contributed by atoms with Crippen LogP contribution in [0.5, 0.6) is 5.75 Å². The van der Waals surface area contributed by atoms with Crippen molar-refractivity contribution >= 4 is 17.7 Å². The number of carbonyl (C=O) groups excluding carboxylic acids is 1. The number of hydrogen-bond acceptors (Lipinski definition) is 3. The third-order valence-electron chi connectivity index (χ3n) is 2.72. The summed E-state index contributed by atoms with van der Waals surface area (Å²) in [7, 11) is 1.37. The number of hydrogen-bond donors (Lipinski definition) is 2. The number of carbonyl (C=O) groups is 2. The molecule has 1 aromatic carbocycles. The number of benzene rings is 1. The minimum absolute atomic E-state index is 0.0268. The van der Waals surface area contributed by atoms with E-state index in [0.29, 0.717) is 0 Å². The van der Waals surface area contributed by atoms with Crippen LogP contribution in [0.2, 0.25) is 0 Å². The van der Waals surface area contributed by atoms with E-state index < -0.39 is 36.1 Å². The Labute approximate surface area is 124 Å². The van der Waals surface area contributed by atoms with Crippen LogP contribution in [0.4, 0.5) is 23.7 Å². The Balaban J connectivity index is 2.68. The molecule has 22 heavy (non-hydrogen) atoms. The van der Waals surface area contributed by atoms with Crippen LogP contribution in [-0.2, 0) is 4.79 Å². The number of urea groups is 1. The maximum Gasteiger partial charge on any atom is 0.387 e. The van der Waals surface area contributed by atoms with Gasteiger partial charge in [-0.05, 0) is 12.1 Å². The van der Waals surface area contributed by atoms with Gasteiger partial charge in [-0.3, -0.25) is 4.79 Å². The van der Waals surface area contributed by atoms with E-state index in [2.05, 4.69) is 10.1 Å². The first-order valence-electron chi connectivity index (χ1n) is 6.20. The second-order valence-electron chi connectivity index (χ2n) is 4.57. The number of rotatable bonds is 6. The van der Waals surface area contributed by atoms with Gasteiger partial charge in [0.05, 0.1) is 5.92 Å². The number of nitrogens with zero attached hydrogens (tertiary/aromatic N) is 1. The van der Waals surface area contributed by atoms with Crippen LogP contribution in [-0.4, -0.2) is 42.2 Å². The number of aliphatic carboxylic acids is 1. The Hall–Kier alpha value is -2.45. The number of halogens is 3. The molecule has 0 aliphatic rings. The van der Waals surface area contributed by atoms with Crippen molar-refractivity contribution in [2.24, 2.45) is 5.92 Å². The lowest BCUT2D eigenvalue weighted by molar-refractivity contribution is -0.141. The van der Waals surface area contributed by atoms with Crippen LogP contribution in [0, 0.1) is 11.7 Å². The van der Waals surface area contributed by atoms with Gasteiger partial charge in [0.25, 0.3) is 0 Å². The maximum atomic E-state index is 13.5. The summed E-state index contributed by atoms with van der Waals surface area (Å²) in [6.45, 7) is -1.77. The fraction of sp³-hybridized carbons (Fsp3) is 0.385. The lowest BCUT2D eigenvalue weighted by Crippen LogP contribution is -2.36. The van der Waals surface area contributed by atoms with Crippen LogP contribution in [0.15, 0.2) is 18.2 Å². The van der Waals surface area contributed by atoms with E-state index in [4.69, 9.17) is 5.11 Å². The Bertz CT molecular complexity index is 554. The molecule has 0 saturated carbocycles. The smallest absolute Gasteiger partial charge is 0.387 e. The maximum absolute atomic E-state index is 13.5. The monoisotopic (exact) mass is 320 g/mol. The van der Waals surface area contributed by atoms with Gasteiger partial charge in [-0.1, -0.05) is 6.92 Å². The minimum Gasteiger partial charge on any atom is -0.481 e. The molecular formula is C13H15F3N2O4. The highest BCUT2D eigenvalue weighted by Gasteiger charge is 2.18. The molecule has 1 atom stereocenters. The molecule has 0 fully saturated rings. The van der Waals surface area contributed by atoms with Crippen molar-refractivity contribution in [3.63, 3.8) is 0 Å². The second kappa shape index (κ2) is 7.53. The Morgan fingerprint density at radius 3 is 2.55 bits per heavy atom. The lowest BCUT2D eigenvalue weighted by Gasteiger charge is -2.20. The van der Waals surface area contributed by atoms with Gasteiger partial charge < -0.3 is 20.1 Å². The van der Waals surface area contributed by atoms with Crippen LogP contribution >= 0.6 is 0 Å². The Kier molecular flexibility index (Phi) is 6.02. The molecule has 2 amide bonds. The average molecular weight is 320 g/mol. The number of anilines is 1. The van der Waals surface area contributed by atoms with Gasteiger partial charge in [-0.25, -0.2) is 9.18 Å². The van der Waals surface area contributed by atoms with Gasteiger partial charge in [0.1, 0.15) is 0 Å². The fourth-order valence-electron chi connectivity index (χ4n) is 1.56. The van der Waals surface area contributed by atoms with E-state index in [1.165, 1.54) is 20.0 Å². The predicted molar refractivity (Wildman–Crippen MR) is 71.5 cm³/mol. The van der Waals surface area contributed by atoms with Gasteiger partial charge in [-0.15, -0.1) is 0 Å². The quantitative estimate of drug-likeness (QED) is 0.844. The number of alkyl halides is 2. The summed E-state index contributed by atoms with van der Waals surface area (Å²) in [4.78, 5) is 23.6. The normalized spacial score (nSPS) is 11.9. The second-order valence-corrected chi connectivity index (χ2v) is 4.57. The van der Waals surface area contributed by atoms with E-state index in [1.54, 1.807) is 0 Å². The molecule has 2 N–H and O–H groups in total. The molecule has 0 bridgehead atoms. The molecule has 0 heterocycles. The first kappa shape index (κ1) is 17.6. The zero-order valence-electron chi connectivity index (χ0n) is 11.8. The number of carboxylic acids is 1. The third kappa shape index (κ3) is 5.15. The fourth-order valence-corrected chi connectivity index (χ4v) is 1.56. The summed E-state index contributed by atoms with van der Waals surface area (Å²) in [5.74, 6) is -3.52. The predicted octanol–water partition coefficient (Wildman–Crippen LogP) is 2.61. The molecule has 0 spiro atoms. The van der Waals surface area contributed by atoms with E-state index >= 15 is 0 Å². The third-order valence-corrected chi connectivity index (χ3v) is 2.72. The molecular weight excluding hydrogens is 305 g/mol. The van der Waals surface area contributed by atoms with E-state index in [1.807, 2.05) is 0 Å². The number of nitrogens with one attached hydrogen (secondary N) is 1. The molecule has 0 aliphatic heterocycles. The SMILES string of the molecule is CC(CN(C)C(=O)Nc1ccc(OC(F)F)c(F)c1)C(=O)O. The zero-order chi connectivity index (χ0) is 16.9. The molecule has 1 rings (SSSR count). The van der Waals surface area contributed by atoms with Gasteiger partial charge in [0.15, 0.2) is 11.6 Å². The van der Waals surface area contributed by atoms with Crippen LogP contribution in [0.25, 0.3) is 0 Å². The summed E-state index contributed by atoms with van der Waals surface area (Å²) >= 11 is 0. The lowest BCUT2D eigenvalue weighted by atomic mass is 10.2. The van der Waals surface area contributed by atoms with Crippen molar-refractivity contribution in [2.75, 3.05) is 18.9 Å². The molecule has 0 saturated heterocycles. The highest BCUT2D eigenvalue weighted by atomic mass is 19.3. The highest BCUT2D eigenvalue weighted by Crippen LogP contribution is 2.23. The number of ether oxygens (including phenoxy) is 1. The summed E-state index contributed by atoms with van der Waals surface area (Å²) in [6, 6.07) is 2.31. The zero-order valence-corrected chi connectivity index (χ0v) is 11.8. The van der Waals surface area contributed by atoms with Gasteiger partial charge in [0.2, 0.25) is 0 Å². The topological polar surface area (TPSA) is 78.9 Å². The number of amides is 2. The van der Waals surface area contributed by atoms with Crippen LogP contribution in [0.1, 0.15) is 6.92 Å². The average Bonchev–Trinajstić information content (AvgIpc) is 2.41. The summed E-state index contributed by atoms with van der Waals surface area (Å²) in [5, 5.41) is 11.1. The summed E-state index contributed by atoms with van der Waals surface area (Å²) in [5.41, 5.74) is 0.0268. The molecule has 1 aromatic rings. The van der Waals surface area contributed by atoms with Crippen molar-refractivity contribution < 1.29 is 32.6 Å². The molecule has 0 radical (unpaired) electrons. The Morgan fingerprint density at radius 1 is 1.41 bits per heavy atom. The van der Waals surface area contributed by atoms with Crippen molar-refractivity contribution in [2.45, 2.75) is 13.5 Å². The van der Waals surface area contributed by atoms with Crippen molar-refractivity contribution in [3.05, 3.63) is 24.0 Å². The number of carboxylic acid groups (broad SMARTS) is 1. The van der Waals surface area contributed by atoms with Gasteiger partial charge in [0, 0.05) is 25.3 Å². The molecule has 0 aromatic heterocycles. The summed E-state index contributed by atoms with van der Waals surface area (Å²) < 4.78 is 41.4. The highest BCUT2D eigenvalue weighted by molar-refractivity contribution is 5.89. The van der Waals surface area contributed by atoms with Crippen LogP contribution < -0.4 is 10.1 Å². The minimum atomic E-state index is -3.15. The first-order valence-corrected chi connectivity index (χ1v) is 6.20. The molecule has 0 aliphatic carbocycles. The van der Waals surface area contributed by atoms with Crippen molar-refractivity contribution in [1.82, 2.24) is 4.90 Å². The summed E-state index contributed by atoms with van der Waals surface area (Å²) in [6.07, 6.45) is 0. The van der Waals surface area contributed by atoms with E-state index in [-0.39, 0.29) is 12.2 Å². The van der Waals surface area contributed by atoms with Crippen molar-refractivity contribution in [3.8, 4) is 5.75 Å². The first-order chi connectivity index (χ1) is 10.2. The van der Waals surface area contributed by atoms with E-state index in [0.717, 1.165) is 17.0 Å². The molecule has 1 unspecified atom stereocenters. The van der Waals surface area contributed by atoms with Crippen molar-refractivity contribution in [1.29, 1.82) is 0 Å². The van der Waals surface area contributed by atoms with E-state index in [9.17, 15) is 22.8 Å². The van der Waals surface area contributed by atoms with Crippen LogP contribution in [0.3, 0.4) is 0 Å². The largest absolute Gasteiger partial charge is 0.481 e. The molecule has 122 valence electrons. The molecule has 9 heteroatoms. The van der Waals surface area contributed by atoms with Gasteiger partial charge in [-0.2, -0.15) is 8.78 Å². The van der Waals surface area contributed by atoms with Gasteiger partial charge >= 0.3 is 18.6 Å².